The predicted octanol–water partition coefficient (Wildman–Crippen LogP) is -0.718. The Balaban J connectivity index is 2.05. The number of hydrogen-bond acceptors (Lipinski definition) is 7. The first-order valence-electron chi connectivity index (χ1n) is 5.29. The molecule has 9 heteroatoms. The van der Waals surface area contributed by atoms with Crippen LogP contribution in [0.15, 0.2) is 11.1 Å². The summed E-state index contributed by atoms with van der Waals surface area (Å²) in [6.07, 6.45) is 1.20. The van der Waals surface area contributed by atoms with Crippen molar-refractivity contribution in [2.75, 3.05) is 18.1 Å². The molecule has 1 aliphatic rings. The van der Waals surface area contributed by atoms with Gasteiger partial charge in [0, 0.05) is 5.75 Å². The van der Waals surface area contributed by atoms with Crippen LogP contribution in [0.5, 0.6) is 0 Å². The van der Waals surface area contributed by atoms with Crippen LogP contribution < -0.4 is 11.3 Å². The largest absolute Gasteiger partial charge is 0.393 e. The maximum atomic E-state index is 11.6. The number of nitrogens with one attached hydrogen (secondary N) is 1. The lowest BCUT2D eigenvalue weighted by molar-refractivity contribution is -0.00190. The average Bonchev–Trinajstić information content (AvgIpc) is 2.93. The molecule has 0 aromatic carbocycles. The van der Waals surface area contributed by atoms with Crippen LogP contribution >= 0.6 is 11.8 Å². The van der Waals surface area contributed by atoms with Crippen molar-refractivity contribution in [2.24, 2.45) is 0 Å². The molecule has 2 aromatic rings. The first-order chi connectivity index (χ1) is 8.69. The highest BCUT2D eigenvalue weighted by Gasteiger charge is 2.28. The maximum Gasteiger partial charge on any atom is 0.280 e. The van der Waals surface area contributed by atoms with E-state index in [1.807, 2.05) is 0 Å². The van der Waals surface area contributed by atoms with E-state index in [1.165, 1.54) is 18.1 Å². The zero-order chi connectivity index (χ0) is 12.7. The standard InChI is InChI=1S/C9H11N5O3S/c10-9-12-7-6(8(16)13-9)11-3-14(7)4-2-18-5(1-15)17-4/h3-5,15H,1-2H2,(H3,10,12,13,16)/t4-,5+/m1/s1. The van der Waals surface area contributed by atoms with Crippen LogP contribution in [0.4, 0.5) is 5.95 Å². The van der Waals surface area contributed by atoms with Gasteiger partial charge in [-0.05, 0) is 0 Å². The molecule has 0 spiro atoms. The number of aromatic amines is 1. The highest BCUT2D eigenvalue weighted by atomic mass is 32.2. The van der Waals surface area contributed by atoms with Gasteiger partial charge in [0.1, 0.15) is 11.7 Å². The van der Waals surface area contributed by atoms with Gasteiger partial charge in [-0.1, -0.05) is 0 Å². The number of thioether (sulfide) groups is 1. The van der Waals surface area contributed by atoms with Crippen LogP contribution in [-0.4, -0.2) is 42.4 Å². The van der Waals surface area contributed by atoms with Gasteiger partial charge in [0.05, 0.1) is 12.9 Å². The van der Waals surface area contributed by atoms with Crippen molar-refractivity contribution in [2.45, 2.75) is 11.7 Å². The average molecular weight is 269 g/mol. The van der Waals surface area contributed by atoms with E-state index < -0.39 is 0 Å². The Kier molecular flexibility index (Phi) is 2.73. The summed E-state index contributed by atoms with van der Waals surface area (Å²) < 4.78 is 7.24. The minimum Gasteiger partial charge on any atom is -0.393 e. The van der Waals surface area contributed by atoms with Gasteiger partial charge < -0.3 is 15.6 Å². The first-order valence-corrected chi connectivity index (χ1v) is 6.34. The van der Waals surface area contributed by atoms with Crippen molar-refractivity contribution >= 4 is 28.9 Å². The number of aliphatic hydroxyl groups is 1. The number of anilines is 1. The Morgan fingerprint density at radius 2 is 2.56 bits per heavy atom. The topological polar surface area (TPSA) is 119 Å². The molecule has 2 aromatic heterocycles. The minimum absolute atomic E-state index is 0.0404. The lowest BCUT2D eigenvalue weighted by atomic mass is 10.5. The molecule has 3 heterocycles. The van der Waals surface area contributed by atoms with Gasteiger partial charge in [-0.25, -0.2) is 4.98 Å². The molecule has 0 bridgehead atoms. The molecule has 1 saturated heterocycles. The van der Waals surface area contributed by atoms with Crippen molar-refractivity contribution < 1.29 is 9.84 Å². The smallest absolute Gasteiger partial charge is 0.280 e. The van der Waals surface area contributed by atoms with E-state index in [9.17, 15) is 4.79 Å². The van der Waals surface area contributed by atoms with Gasteiger partial charge in [0.2, 0.25) is 5.95 Å². The molecule has 0 unspecified atom stereocenters. The summed E-state index contributed by atoms with van der Waals surface area (Å²) in [5.41, 5.74) is 5.50. The third-order valence-corrected chi connectivity index (χ3v) is 3.75. The minimum atomic E-state index is -0.374. The molecule has 2 atom stereocenters. The Labute approximate surface area is 105 Å². The first kappa shape index (κ1) is 11.5. The van der Waals surface area contributed by atoms with Crippen molar-refractivity contribution in [1.82, 2.24) is 19.5 Å². The highest BCUT2D eigenvalue weighted by molar-refractivity contribution is 8.00. The summed E-state index contributed by atoms with van der Waals surface area (Å²) in [6.45, 7) is -0.0516. The Bertz CT molecular complexity index is 639. The number of hydrogen-bond donors (Lipinski definition) is 3. The van der Waals surface area contributed by atoms with E-state index in [4.69, 9.17) is 15.6 Å². The van der Waals surface area contributed by atoms with E-state index >= 15 is 0 Å². The molecule has 18 heavy (non-hydrogen) atoms. The Hall–Kier alpha value is -1.58. The summed E-state index contributed by atoms with van der Waals surface area (Å²) >= 11 is 1.50. The van der Waals surface area contributed by atoms with E-state index in [2.05, 4.69) is 15.0 Å². The van der Waals surface area contributed by atoms with E-state index in [-0.39, 0.29) is 35.3 Å². The molecule has 0 radical (unpaired) electrons. The predicted molar refractivity (Wildman–Crippen MR) is 66.0 cm³/mol. The van der Waals surface area contributed by atoms with Crippen LogP contribution in [-0.2, 0) is 4.74 Å². The number of imidazole rings is 1. The number of nitrogens with two attached hydrogens (primary N) is 1. The summed E-state index contributed by atoms with van der Waals surface area (Å²) in [5.74, 6) is 0.698. The van der Waals surface area contributed by atoms with Crippen molar-refractivity contribution in [3.8, 4) is 0 Å². The van der Waals surface area contributed by atoms with Crippen LogP contribution in [0.2, 0.25) is 0 Å². The maximum absolute atomic E-state index is 11.6. The van der Waals surface area contributed by atoms with Gasteiger partial charge in [-0.15, -0.1) is 11.8 Å². The lowest BCUT2D eigenvalue weighted by Crippen LogP contribution is -2.16. The Morgan fingerprint density at radius 1 is 1.72 bits per heavy atom. The second kappa shape index (κ2) is 4.26. The molecule has 0 aliphatic carbocycles. The summed E-state index contributed by atoms with van der Waals surface area (Å²) in [5, 5.41) is 9.02. The lowest BCUT2D eigenvalue weighted by Gasteiger charge is -2.12. The third-order valence-electron chi connectivity index (χ3n) is 2.64. The van der Waals surface area contributed by atoms with Crippen LogP contribution in [0.3, 0.4) is 0 Å². The third kappa shape index (κ3) is 1.76. The van der Waals surface area contributed by atoms with E-state index in [0.29, 0.717) is 11.4 Å². The molecule has 1 aliphatic heterocycles. The second-order valence-corrected chi connectivity index (χ2v) is 5.00. The number of aliphatic hydroxyl groups excluding tert-OH is 1. The van der Waals surface area contributed by atoms with Gasteiger partial charge >= 0.3 is 0 Å². The quantitative estimate of drug-likeness (QED) is 0.658. The summed E-state index contributed by atoms with van der Waals surface area (Å²) in [7, 11) is 0. The number of aromatic nitrogens is 4. The number of ether oxygens (including phenoxy) is 1. The molecule has 8 nitrogen and oxygen atoms in total. The van der Waals surface area contributed by atoms with Crippen LogP contribution in [0.1, 0.15) is 6.23 Å². The number of rotatable bonds is 2. The fourth-order valence-electron chi connectivity index (χ4n) is 1.84. The van der Waals surface area contributed by atoms with Gasteiger partial charge in [-0.2, -0.15) is 4.98 Å². The number of fused-ring (bicyclic) bond motifs is 1. The number of H-pyrrole nitrogens is 1. The molecule has 0 amide bonds. The SMILES string of the molecule is Nc1nc2c(ncn2[C@H]2CS[C@@H](CO)O2)c(=O)[nH]1. The zero-order valence-corrected chi connectivity index (χ0v) is 10.1. The molecule has 1 fully saturated rings. The summed E-state index contributed by atoms with van der Waals surface area (Å²) in [4.78, 5) is 22.1. The zero-order valence-electron chi connectivity index (χ0n) is 9.24. The summed E-state index contributed by atoms with van der Waals surface area (Å²) in [6, 6.07) is 0. The highest BCUT2D eigenvalue weighted by Crippen LogP contribution is 2.32. The number of nitrogen functional groups attached to an aromatic ring is 1. The number of nitrogens with zero attached hydrogens (tertiary/aromatic N) is 3. The molecule has 0 saturated carbocycles. The van der Waals surface area contributed by atoms with E-state index in [1.54, 1.807) is 4.57 Å². The Morgan fingerprint density at radius 3 is 3.28 bits per heavy atom. The van der Waals surface area contributed by atoms with Crippen molar-refractivity contribution in [3.05, 3.63) is 16.7 Å². The fourth-order valence-corrected chi connectivity index (χ4v) is 2.77. The van der Waals surface area contributed by atoms with E-state index in [0.717, 1.165) is 0 Å². The van der Waals surface area contributed by atoms with Crippen molar-refractivity contribution in [3.63, 3.8) is 0 Å². The van der Waals surface area contributed by atoms with Crippen molar-refractivity contribution in [1.29, 1.82) is 0 Å². The fraction of sp³-hybridized carbons (Fsp3) is 0.444. The van der Waals surface area contributed by atoms with Gasteiger partial charge in [0.25, 0.3) is 5.56 Å². The van der Waals surface area contributed by atoms with Crippen LogP contribution in [0.25, 0.3) is 11.2 Å². The van der Waals surface area contributed by atoms with Gasteiger partial charge in [0.15, 0.2) is 11.2 Å². The molecule has 4 N–H and O–H groups in total. The molecular weight excluding hydrogens is 258 g/mol. The molecular formula is C9H11N5O3S. The second-order valence-electron chi connectivity index (χ2n) is 3.81. The van der Waals surface area contributed by atoms with Crippen LogP contribution in [0, 0.1) is 0 Å². The molecule has 3 rings (SSSR count). The van der Waals surface area contributed by atoms with Gasteiger partial charge in [-0.3, -0.25) is 14.3 Å². The molecule has 96 valence electrons. The normalized spacial score (nSPS) is 23.8. The monoisotopic (exact) mass is 269 g/mol.